The van der Waals surface area contributed by atoms with Gasteiger partial charge in [0.05, 0.1) is 22.6 Å². The number of aromatic nitrogens is 3. The zero-order chi connectivity index (χ0) is 36.5. The van der Waals surface area contributed by atoms with Crippen molar-refractivity contribution in [1.82, 2.24) is 19.9 Å². The second kappa shape index (κ2) is 12.7. The SMILES string of the molecule is CC1CC2CC(C1)C(NC(=O)c1cnc(-c3cn(C4CCC(F)(F)CC4)c4cc(OC5CCS(=O)(=O)CC5)ccc34)nc1C(F)(F)F)(C(=O)O)C2. The molecule has 10 nitrogen and oxygen atoms in total. The number of halogens is 5. The number of amides is 1. The van der Waals surface area contributed by atoms with E-state index in [2.05, 4.69) is 15.3 Å². The summed E-state index contributed by atoms with van der Waals surface area (Å²) < 4.78 is 104. The highest BCUT2D eigenvalue weighted by atomic mass is 32.2. The van der Waals surface area contributed by atoms with Gasteiger partial charge in [0.15, 0.2) is 21.4 Å². The topological polar surface area (TPSA) is 140 Å². The highest BCUT2D eigenvalue weighted by Crippen LogP contribution is 2.51. The normalized spacial score (nSPS) is 28.1. The third kappa shape index (κ3) is 6.91. The maximum Gasteiger partial charge on any atom is 0.434 e. The van der Waals surface area contributed by atoms with Crippen molar-refractivity contribution in [3.05, 3.63) is 41.9 Å². The predicted octanol–water partition coefficient (Wildman–Crippen LogP) is 6.83. The molecule has 0 spiro atoms. The lowest BCUT2D eigenvalue weighted by Gasteiger charge is -2.33. The third-order valence-corrected chi connectivity index (χ3v) is 13.0. The van der Waals surface area contributed by atoms with Crippen molar-refractivity contribution in [2.45, 2.75) is 101 Å². The van der Waals surface area contributed by atoms with Crippen LogP contribution in [0.4, 0.5) is 22.0 Å². The number of carboxylic acid groups (broad SMARTS) is 1. The fourth-order valence-electron chi connectivity index (χ4n) is 8.84. The lowest BCUT2D eigenvalue weighted by atomic mass is 9.78. The first-order valence-electron chi connectivity index (χ1n) is 17.3. The van der Waals surface area contributed by atoms with Crippen LogP contribution in [0.3, 0.4) is 0 Å². The Hall–Kier alpha value is -3.82. The number of nitrogens with zero attached hydrogens (tertiary/aromatic N) is 3. The van der Waals surface area contributed by atoms with Crippen LogP contribution < -0.4 is 10.1 Å². The zero-order valence-corrected chi connectivity index (χ0v) is 28.7. The van der Waals surface area contributed by atoms with E-state index in [9.17, 15) is 45.1 Å². The van der Waals surface area contributed by atoms with E-state index in [-0.39, 0.29) is 72.9 Å². The van der Waals surface area contributed by atoms with Crippen molar-refractivity contribution in [2.75, 3.05) is 11.5 Å². The monoisotopic (exact) mass is 738 g/mol. The molecule has 1 aromatic carbocycles. The molecular weight excluding hydrogens is 699 g/mol. The molecule has 1 amide bonds. The molecule has 3 saturated carbocycles. The Labute approximate surface area is 291 Å². The van der Waals surface area contributed by atoms with Crippen LogP contribution in [0.5, 0.6) is 5.75 Å². The molecule has 3 aliphatic carbocycles. The highest BCUT2D eigenvalue weighted by molar-refractivity contribution is 7.91. The van der Waals surface area contributed by atoms with Gasteiger partial charge in [0.25, 0.3) is 5.91 Å². The zero-order valence-electron chi connectivity index (χ0n) is 27.9. The van der Waals surface area contributed by atoms with Crippen molar-refractivity contribution in [3.8, 4) is 17.1 Å². The maximum absolute atomic E-state index is 14.6. The molecule has 4 fully saturated rings. The highest BCUT2D eigenvalue weighted by Gasteiger charge is 2.56. The molecule has 3 aromatic rings. The van der Waals surface area contributed by atoms with Crippen molar-refractivity contribution in [3.63, 3.8) is 0 Å². The minimum atomic E-state index is -5.11. The molecule has 2 bridgehead atoms. The Bertz CT molecular complexity index is 1960. The van der Waals surface area contributed by atoms with Gasteiger partial charge in [-0.25, -0.2) is 32.0 Å². The third-order valence-electron chi connectivity index (χ3n) is 11.3. The minimum Gasteiger partial charge on any atom is -0.490 e. The van der Waals surface area contributed by atoms with E-state index < -0.39 is 62.6 Å². The van der Waals surface area contributed by atoms with E-state index in [1.165, 1.54) is 6.20 Å². The van der Waals surface area contributed by atoms with Crippen LogP contribution in [0.2, 0.25) is 0 Å². The molecule has 2 aromatic heterocycles. The summed E-state index contributed by atoms with van der Waals surface area (Å²) in [6, 6.07) is 4.46. The first-order chi connectivity index (χ1) is 23.9. The van der Waals surface area contributed by atoms with Gasteiger partial charge >= 0.3 is 12.1 Å². The smallest absolute Gasteiger partial charge is 0.434 e. The lowest BCUT2D eigenvalue weighted by Crippen LogP contribution is -2.57. The number of rotatable bonds is 7. The molecule has 1 aliphatic heterocycles. The van der Waals surface area contributed by atoms with E-state index >= 15 is 0 Å². The van der Waals surface area contributed by atoms with Crippen LogP contribution in [0, 0.1) is 17.8 Å². The number of carbonyl (C=O) groups is 2. The summed E-state index contributed by atoms with van der Waals surface area (Å²) in [5.41, 5.74) is -3.46. The Kier molecular flexibility index (Phi) is 8.85. The molecule has 4 unspecified atom stereocenters. The second-order valence-electron chi connectivity index (χ2n) is 14.9. The van der Waals surface area contributed by atoms with E-state index in [0.717, 1.165) is 12.6 Å². The van der Waals surface area contributed by atoms with Gasteiger partial charge < -0.3 is 19.7 Å². The molecule has 3 heterocycles. The summed E-state index contributed by atoms with van der Waals surface area (Å²) in [6.07, 6.45) is -1.09. The van der Waals surface area contributed by atoms with Gasteiger partial charge in [-0.15, -0.1) is 0 Å². The van der Waals surface area contributed by atoms with Crippen LogP contribution in [0.1, 0.15) is 93.2 Å². The summed E-state index contributed by atoms with van der Waals surface area (Å²) >= 11 is 0. The molecule has 2 N–H and O–H groups in total. The Balaban J connectivity index is 1.25. The van der Waals surface area contributed by atoms with Gasteiger partial charge in [-0.2, -0.15) is 13.2 Å². The predicted molar refractivity (Wildman–Crippen MR) is 175 cm³/mol. The molecule has 51 heavy (non-hydrogen) atoms. The summed E-state index contributed by atoms with van der Waals surface area (Å²) in [5.74, 6) is -5.49. The fraction of sp³-hybridized carbons (Fsp3) is 0.600. The number of ether oxygens (including phenoxy) is 1. The van der Waals surface area contributed by atoms with Gasteiger partial charge in [-0.1, -0.05) is 6.92 Å². The molecule has 16 heteroatoms. The van der Waals surface area contributed by atoms with Crippen molar-refractivity contribution in [1.29, 1.82) is 0 Å². The fourth-order valence-corrected chi connectivity index (χ4v) is 10.3. The van der Waals surface area contributed by atoms with E-state index in [0.29, 0.717) is 42.3 Å². The van der Waals surface area contributed by atoms with Gasteiger partial charge in [-0.3, -0.25) is 4.79 Å². The van der Waals surface area contributed by atoms with Crippen molar-refractivity contribution in [2.24, 2.45) is 17.8 Å². The summed E-state index contributed by atoms with van der Waals surface area (Å²) in [6.45, 7) is 1.99. The number of carboxylic acids is 1. The Morgan fingerprint density at radius 3 is 2.43 bits per heavy atom. The quantitative estimate of drug-likeness (QED) is 0.252. The van der Waals surface area contributed by atoms with Gasteiger partial charge in [0.1, 0.15) is 17.4 Å². The number of nitrogens with one attached hydrogen (secondary N) is 1. The number of benzene rings is 1. The van der Waals surface area contributed by atoms with Gasteiger partial charge in [0, 0.05) is 48.3 Å². The van der Waals surface area contributed by atoms with E-state index in [4.69, 9.17) is 4.74 Å². The summed E-state index contributed by atoms with van der Waals surface area (Å²) in [7, 11) is -3.13. The number of hydrogen-bond acceptors (Lipinski definition) is 7. The van der Waals surface area contributed by atoms with E-state index in [1.54, 1.807) is 22.8 Å². The van der Waals surface area contributed by atoms with Crippen molar-refractivity contribution < 1.29 is 49.8 Å². The largest absolute Gasteiger partial charge is 0.490 e. The number of fused-ring (bicyclic) bond motifs is 3. The molecule has 4 aliphatic rings. The number of alkyl halides is 5. The Morgan fingerprint density at radius 1 is 1.06 bits per heavy atom. The van der Waals surface area contributed by atoms with Gasteiger partial charge in [-0.05, 0) is 81.3 Å². The summed E-state index contributed by atoms with van der Waals surface area (Å²) in [4.78, 5) is 34.1. The minimum absolute atomic E-state index is 0.0127. The Morgan fingerprint density at radius 2 is 1.76 bits per heavy atom. The van der Waals surface area contributed by atoms with Gasteiger partial charge in [0.2, 0.25) is 5.92 Å². The second-order valence-corrected chi connectivity index (χ2v) is 17.3. The molecule has 276 valence electrons. The maximum atomic E-state index is 14.6. The molecule has 0 radical (unpaired) electrons. The molecular formula is C35H39F5N4O6S. The number of hydrogen-bond donors (Lipinski definition) is 2. The first kappa shape index (κ1) is 35.6. The van der Waals surface area contributed by atoms with Crippen LogP contribution in [-0.2, 0) is 20.8 Å². The van der Waals surface area contributed by atoms with Crippen LogP contribution >= 0.6 is 0 Å². The van der Waals surface area contributed by atoms with Crippen LogP contribution in [0.25, 0.3) is 22.3 Å². The molecule has 1 saturated heterocycles. The number of sulfone groups is 1. The first-order valence-corrected chi connectivity index (χ1v) is 19.2. The average Bonchev–Trinajstić information content (AvgIpc) is 3.55. The molecule has 4 atom stereocenters. The molecule has 7 rings (SSSR count). The van der Waals surface area contributed by atoms with E-state index in [1.807, 2.05) is 6.92 Å². The van der Waals surface area contributed by atoms with Crippen LogP contribution in [-0.4, -0.2) is 69.0 Å². The standard InChI is InChI=1S/C35H39F5N4O6S/c1-19-12-20-14-21(13-19)34(16-20,32(46)47)43-31(45)26-17-41-30(42-29(26)35(38,39)40)27-18-44(22-4-8-33(36,37)9-5-22)28-15-24(2-3-25(27)28)50-23-6-10-51(48,49)11-7-23/h2-3,15,17-23H,4-14,16H2,1H3,(H,43,45)(H,46,47). The number of carbonyl (C=O) groups excluding carboxylic acids is 1. The van der Waals surface area contributed by atoms with Crippen LogP contribution in [0.15, 0.2) is 30.6 Å². The van der Waals surface area contributed by atoms with Crippen molar-refractivity contribution >= 4 is 32.6 Å². The number of aliphatic carboxylic acids is 1. The average molecular weight is 739 g/mol. The summed E-state index contributed by atoms with van der Waals surface area (Å²) in [5, 5.41) is 13.1. The lowest BCUT2D eigenvalue weighted by molar-refractivity contribution is -0.146.